The Bertz CT molecular complexity index is 1050. The van der Waals surface area contributed by atoms with Crippen LogP contribution in [0.5, 0.6) is 0 Å². The Kier molecular flexibility index (Phi) is 3.87. The van der Waals surface area contributed by atoms with Crippen molar-refractivity contribution in [3.63, 3.8) is 0 Å². The Hall–Kier alpha value is -2.09. The van der Waals surface area contributed by atoms with Gasteiger partial charge in [0.2, 0.25) is 0 Å². The Balaban J connectivity index is 1.25. The minimum absolute atomic E-state index is 0.155. The molecule has 30 heavy (non-hydrogen) atoms. The number of hydrogen-bond acceptors (Lipinski definition) is 2. The van der Waals surface area contributed by atoms with Gasteiger partial charge in [-0.05, 0) is 86.6 Å². The van der Waals surface area contributed by atoms with E-state index in [1.54, 1.807) is 0 Å². The molecule has 2 saturated carbocycles. The third kappa shape index (κ3) is 2.46. The number of aliphatic imine (C=N–C) groups is 1. The highest BCUT2D eigenvalue weighted by Gasteiger charge is 2.54. The van der Waals surface area contributed by atoms with Crippen LogP contribution in [-0.4, -0.2) is 11.3 Å². The van der Waals surface area contributed by atoms with E-state index in [9.17, 15) is 0 Å². The van der Waals surface area contributed by atoms with Crippen LogP contribution in [0.25, 0.3) is 0 Å². The van der Waals surface area contributed by atoms with Gasteiger partial charge >= 0.3 is 0 Å². The molecule has 0 amide bonds. The third-order valence-electron chi connectivity index (χ3n) is 9.31. The molecule has 0 bridgehead atoms. The first-order valence-corrected chi connectivity index (χ1v) is 12.0. The largest absolute Gasteiger partial charge is 0.379 e. The fraction of sp³-hybridized carbons (Fsp3) is 0.536. The molecule has 2 aliphatic carbocycles. The number of anilines is 1. The summed E-state index contributed by atoms with van der Waals surface area (Å²) in [7, 11) is 0. The number of nitrogens with one attached hydrogen (secondary N) is 1. The number of para-hydroxylation sites is 1. The Morgan fingerprint density at radius 1 is 1.00 bits per heavy atom. The fourth-order valence-corrected chi connectivity index (χ4v) is 7.23. The number of benzene rings is 2. The summed E-state index contributed by atoms with van der Waals surface area (Å²) in [6.45, 7) is 7.39. The van der Waals surface area contributed by atoms with Crippen LogP contribution < -0.4 is 5.32 Å². The van der Waals surface area contributed by atoms with Gasteiger partial charge in [0.15, 0.2) is 0 Å². The van der Waals surface area contributed by atoms with Crippen molar-refractivity contribution < 1.29 is 0 Å². The van der Waals surface area contributed by atoms with E-state index in [4.69, 9.17) is 4.99 Å². The summed E-state index contributed by atoms with van der Waals surface area (Å²) < 4.78 is 0. The quantitative estimate of drug-likeness (QED) is 0.574. The maximum absolute atomic E-state index is 5.03. The van der Waals surface area contributed by atoms with E-state index in [2.05, 4.69) is 68.6 Å². The minimum atomic E-state index is 0.155. The van der Waals surface area contributed by atoms with Crippen molar-refractivity contribution in [1.82, 2.24) is 0 Å². The first kappa shape index (κ1) is 18.7. The summed E-state index contributed by atoms with van der Waals surface area (Å²) in [5.41, 5.74) is 9.20. The second kappa shape index (κ2) is 6.22. The molecule has 2 nitrogen and oxygen atoms in total. The Labute approximate surface area is 181 Å². The fourth-order valence-electron chi connectivity index (χ4n) is 7.23. The lowest BCUT2D eigenvalue weighted by atomic mass is 9.58. The van der Waals surface area contributed by atoms with Crippen LogP contribution in [0, 0.1) is 5.92 Å². The van der Waals surface area contributed by atoms with Gasteiger partial charge in [0.05, 0.1) is 5.69 Å². The number of fused-ring (bicyclic) bond motifs is 6. The van der Waals surface area contributed by atoms with Crippen molar-refractivity contribution in [3.8, 4) is 0 Å². The minimum Gasteiger partial charge on any atom is -0.379 e. The summed E-state index contributed by atoms with van der Waals surface area (Å²) in [5.74, 6) is 0.740. The first-order chi connectivity index (χ1) is 14.4. The summed E-state index contributed by atoms with van der Waals surface area (Å²) in [4.78, 5) is 5.03. The molecule has 4 unspecified atom stereocenters. The monoisotopic (exact) mass is 398 g/mol. The lowest BCUT2D eigenvalue weighted by molar-refractivity contribution is 0.160. The molecule has 156 valence electrons. The van der Waals surface area contributed by atoms with Gasteiger partial charge in [-0.25, -0.2) is 0 Å². The van der Waals surface area contributed by atoms with Crippen molar-refractivity contribution >= 4 is 17.1 Å². The zero-order chi connectivity index (χ0) is 20.6. The van der Waals surface area contributed by atoms with Crippen molar-refractivity contribution in [2.24, 2.45) is 10.9 Å². The topological polar surface area (TPSA) is 24.4 Å². The van der Waals surface area contributed by atoms with Crippen molar-refractivity contribution in [2.45, 2.75) is 88.5 Å². The van der Waals surface area contributed by atoms with E-state index in [1.165, 1.54) is 85.1 Å². The molecule has 0 spiro atoms. The molecule has 4 aliphatic rings. The van der Waals surface area contributed by atoms with E-state index in [-0.39, 0.29) is 16.4 Å². The van der Waals surface area contributed by atoms with E-state index >= 15 is 0 Å². The van der Waals surface area contributed by atoms with Crippen LogP contribution in [0.4, 0.5) is 11.4 Å². The molecular formula is C28H34N2. The van der Waals surface area contributed by atoms with Crippen LogP contribution in [0.3, 0.4) is 0 Å². The maximum Gasteiger partial charge on any atom is 0.0671 e. The lowest BCUT2D eigenvalue weighted by Crippen LogP contribution is -2.52. The van der Waals surface area contributed by atoms with E-state index < -0.39 is 0 Å². The van der Waals surface area contributed by atoms with Crippen molar-refractivity contribution in [2.75, 3.05) is 5.32 Å². The first-order valence-electron chi connectivity index (χ1n) is 12.0. The Morgan fingerprint density at radius 3 is 2.77 bits per heavy atom. The van der Waals surface area contributed by atoms with Crippen LogP contribution in [0.2, 0.25) is 0 Å². The van der Waals surface area contributed by atoms with Gasteiger partial charge in [0, 0.05) is 27.8 Å². The molecule has 0 aromatic heterocycles. The predicted molar refractivity (Wildman–Crippen MR) is 126 cm³/mol. The second-order valence-corrected chi connectivity index (χ2v) is 11.1. The van der Waals surface area contributed by atoms with Gasteiger partial charge in [-0.3, -0.25) is 4.99 Å². The van der Waals surface area contributed by atoms with E-state index in [1.807, 2.05) is 0 Å². The van der Waals surface area contributed by atoms with Gasteiger partial charge < -0.3 is 5.32 Å². The highest BCUT2D eigenvalue weighted by molar-refractivity contribution is 6.02. The van der Waals surface area contributed by atoms with Gasteiger partial charge in [-0.15, -0.1) is 0 Å². The van der Waals surface area contributed by atoms with E-state index in [0.717, 1.165) is 5.92 Å². The lowest BCUT2D eigenvalue weighted by Gasteiger charge is -2.48. The van der Waals surface area contributed by atoms with Gasteiger partial charge in [0.1, 0.15) is 0 Å². The molecule has 2 heterocycles. The molecule has 0 radical (unpaired) electrons. The number of nitrogens with zero attached hydrogens (tertiary/aromatic N) is 1. The maximum atomic E-state index is 5.03. The van der Waals surface area contributed by atoms with Crippen LogP contribution in [-0.2, 0) is 17.3 Å². The SMILES string of the molecule is CC12CCCCC1=Nc1ccc(CC3CCC4(C)c5ccccc5NC4(C)C3)cc12. The smallest absolute Gasteiger partial charge is 0.0671 e. The van der Waals surface area contributed by atoms with Gasteiger partial charge in [0.25, 0.3) is 0 Å². The molecule has 6 rings (SSSR count). The van der Waals surface area contributed by atoms with Crippen molar-refractivity contribution in [1.29, 1.82) is 0 Å². The molecule has 2 heteroatoms. The summed E-state index contributed by atoms with van der Waals surface area (Å²) in [6, 6.07) is 16.2. The third-order valence-corrected chi connectivity index (χ3v) is 9.31. The van der Waals surface area contributed by atoms with Crippen molar-refractivity contribution in [3.05, 3.63) is 59.2 Å². The van der Waals surface area contributed by atoms with E-state index in [0.29, 0.717) is 0 Å². The highest BCUT2D eigenvalue weighted by atomic mass is 15.0. The predicted octanol–water partition coefficient (Wildman–Crippen LogP) is 7.09. The number of rotatable bonds is 2. The zero-order valence-electron chi connectivity index (χ0n) is 18.7. The molecule has 4 atom stereocenters. The highest BCUT2D eigenvalue weighted by Crippen LogP contribution is 2.56. The molecule has 2 aliphatic heterocycles. The van der Waals surface area contributed by atoms with Gasteiger partial charge in [-0.1, -0.05) is 50.6 Å². The number of hydrogen-bond donors (Lipinski definition) is 1. The van der Waals surface area contributed by atoms with Crippen LogP contribution in [0.1, 0.15) is 82.4 Å². The normalized spacial score (nSPS) is 36.2. The summed E-state index contributed by atoms with van der Waals surface area (Å²) in [5, 5.41) is 3.94. The Morgan fingerprint density at radius 2 is 1.87 bits per heavy atom. The molecule has 2 fully saturated rings. The summed E-state index contributed by atoms with van der Waals surface area (Å²) in [6.07, 6.45) is 10.1. The molecule has 2 aromatic rings. The second-order valence-electron chi connectivity index (χ2n) is 11.1. The molecular weight excluding hydrogens is 364 g/mol. The average Bonchev–Trinajstić information content (AvgIpc) is 3.16. The molecule has 0 saturated heterocycles. The van der Waals surface area contributed by atoms with Crippen LogP contribution in [0.15, 0.2) is 47.5 Å². The standard InChI is InChI=1S/C28H34N2/c1-26-14-7-6-10-25(26)29-23-12-11-19(17-22(23)26)16-20-13-15-27(2)21-8-4-5-9-24(21)30-28(27,3)18-20/h4-5,8-9,11-12,17,20,30H,6-7,10,13-16,18H2,1-3H3. The summed E-state index contributed by atoms with van der Waals surface area (Å²) >= 11 is 0. The van der Waals surface area contributed by atoms with Crippen LogP contribution >= 0.6 is 0 Å². The average molecular weight is 399 g/mol. The zero-order valence-corrected chi connectivity index (χ0v) is 18.7. The molecule has 1 N–H and O–H groups in total. The molecule has 2 aromatic carbocycles. The van der Waals surface area contributed by atoms with Gasteiger partial charge in [-0.2, -0.15) is 0 Å².